The highest BCUT2D eigenvalue weighted by Crippen LogP contribution is 2.35. The summed E-state index contributed by atoms with van der Waals surface area (Å²) in [5.74, 6) is -2.05. The molecule has 1 aliphatic rings. The van der Waals surface area contributed by atoms with Gasteiger partial charge in [-0.25, -0.2) is 9.37 Å². The quantitative estimate of drug-likeness (QED) is 0.216. The number of rotatable bonds is 8. The summed E-state index contributed by atoms with van der Waals surface area (Å²) in [6.45, 7) is 0.352. The van der Waals surface area contributed by atoms with Gasteiger partial charge in [0.15, 0.2) is 0 Å². The van der Waals surface area contributed by atoms with Crippen molar-refractivity contribution in [2.75, 3.05) is 6.54 Å². The number of thioether (sulfide) groups is 1. The van der Waals surface area contributed by atoms with Crippen molar-refractivity contribution in [2.45, 2.75) is 31.9 Å². The third-order valence-corrected chi connectivity index (χ3v) is 6.14. The maximum absolute atomic E-state index is 14.2. The zero-order chi connectivity index (χ0) is 24.2. The van der Waals surface area contributed by atoms with Gasteiger partial charge in [0.05, 0.1) is 21.9 Å². The van der Waals surface area contributed by atoms with Crippen LogP contribution in [-0.2, 0) is 15.8 Å². The van der Waals surface area contributed by atoms with Crippen molar-refractivity contribution in [3.8, 4) is 11.3 Å². The summed E-state index contributed by atoms with van der Waals surface area (Å²) in [5.41, 5.74) is -1.02. The van der Waals surface area contributed by atoms with Gasteiger partial charge >= 0.3 is 12.1 Å². The van der Waals surface area contributed by atoms with Crippen LogP contribution in [-0.4, -0.2) is 37.7 Å². The summed E-state index contributed by atoms with van der Waals surface area (Å²) < 4.78 is 53.6. The van der Waals surface area contributed by atoms with Gasteiger partial charge in [0.25, 0.3) is 5.91 Å². The molecule has 174 valence electrons. The molecule has 33 heavy (non-hydrogen) atoms. The lowest BCUT2D eigenvalue weighted by Crippen LogP contribution is -2.29. The smallest absolute Gasteiger partial charge is 0.416 e. The van der Waals surface area contributed by atoms with Gasteiger partial charge in [-0.05, 0) is 49.2 Å². The van der Waals surface area contributed by atoms with Crippen LogP contribution in [0.5, 0.6) is 0 Å². The minimum atomic E-state index is -4.62. The fourth-order valence-electron chi connectivity index (χ4n) is 3.13. The Kier molecular flexibility index (Phi) is 7.85. The molecule has 0 unspecified atom stereocenters. The summed E-state index contributed by atoms with van der Waals surface area (Å²) in [6, 6.07) is 6.55. The van der Waals surface area contributed by atoms with Crippen molar-refractivity contribution in [2.24, 2.45) is 0 Å². The molecule has 0 radical (unpaired) electrons. The number of aliphatic carboxylic acids is 1. The molecule has 3 rings (SSSR count). The molecule has 11 heteroatoms. The van der Waals surface area contributed by atoms with E-state index in [1.54, 1.807) is 6.07 Å². The second-order valence-corrected chi connectivity index (χ2v) is 8.85. The Labute approximate surface area is 196 Å². The highest BCUT2D eigenvalue weighted by molar-refractivity contribution is 8.26. The van der Waals surface area contributed by atoms with E-state index in [0.717, 1.165) is 17.8 Å². The van der Waals surface area contributed by atoms with Gasteiger partial charge in [-0.2, -0.15) is 13.2 Å². The van der Waals surface area contributed by atoms with Gasteiger partial charge in [-0.15, -0.1) is 0 Å². The van der Waals surface area contributed by atoms with Crippen LogP contribution in [0, 0.1) is 5.82 Å². The second kappa shape index (κ2) is 10.4. The number of benzene rings is 1. The molecule has 0 bridgehead atoms. The standard InChI is InChI=1S/C22H18F4N2O3S2/c23-16-9-8-13(22(24,25)26)11-15(16)17-6-4-5-14(27-17)12-18-20(31)28(21(32)33-18)10-3-1-2-7-19(29)30/h4-6,8-9,11-12H,1-3,7,10H2,(H,29,30). The monoisotopic (exact) mass is 498 g/mol. The molecule has 0 aliphatic carbocycles. The molecule has 0 atom stereocenters. The molecule has 1 aromatic heterocycles. The van der Waals surface area contributed by atoms with Crippen molar-refractivity contribution in [1.29, 1.82) is 0 Å². The first-order valence-corrected chi connectivity index (χ1v) is 11.1. The third-order valence-electron chi connectivity index (χ3n) is 4.77. The highest BCUT2D eigenvalue weighted by atomic mass is 32.2. The van der Waals surface area contributed by atoms with Crippen LogP contribution in [0.2, 0.25) is 0 Å². The Morgan fingerprint density at radius 3 is 2.64 bits per heavy atom. The van der Waals surface area contributed by atoms with Gasteiger partial charge in [0.1, 0.15) is 10.1 Å². The number of thiocarbonyl (C=S) groups is 1. The predicted molar refractivity (Wildman–Crippen MR) is 121 cm³/mol. The Balaban J connectivity index is 1.76. The number of pyridine rings is 1. The first kappa shape index (κ1) is 24.8. The van der Waals surface area contributed by atoms with Crippen LogP contribution in [0.1, 0.15) is 36.9 Å². The van der Waals surface area contributed by atoms with E-state index < -0.39 is 23.5 Å². The summed E-state index contributed by atoms with van der Waals surface area (Å²) in [5, 5.41) is 8.67. The molecule has 1 fully saturated rings. The minimum absolute atomic E-state index is 0.00117. The van der Waals surface area contributed by atoms with E-state index in [9.17, 15) is 27.2 Å². The van der Waals surface area contributed by atoms with Crippen LogP contribution in [0.25, 0.3) is 17.3 Å². The molecular formula is C22H18F4N2O3S2. The van der Waals surface area contributed by atoms with E-state index in [1.165, 1.54) is 23.1 Å². The van der Waals surface area contributed by atoms with E-state index in [-0.39, 0.29) is 29.3 Å². The van der Waals surface area contributed by atoms with E-state index in [0.29, 0.717) is 47.2 Å². The Bertz CT molecular complexity index is 1120. The van der Waals surface area contributed by atoms with Crippen molar-refractivity contribution in [3.05, 3.63) is 58.4 Å². The zero-order valence-corrected chi connectivity index (χ0v) is 18.7. The lowest BCUT2D eigenvalue weighted by Gasteiger charge is -2.13. The van der Waals surface area contributed by atoms with Gasteiger partial charge in [0, 0.05) is 18.5 Å². The van der Waals surface area contributed by atoms with Crippen LogP contribution >= 0.6 is 24.0 Å². The van der Waals surface area contributed by atoms with Crippen LogP contribution in [0.3, 0.4) is 0 Å². The number of carboxylic acid groups (broad SMARTS) is 1. The number of carbonyl (C=O) groups excluding carboxylic acids is 1. The van der Waals surface area contributed by atoms with Crippen molar-refractivity contribution in [1.82, 2.24) is 9.88 Å². The molecule has 1 amide bonds. The average Bonchev–Trinajstić information content (AvgIpc) is 3.00. The molecule has 5 nitrogen and oxygen atoms in total. The number of hydrogen-bond acceptors (Lipinski definition) is 5. The number of carboxylic acids is 1. The number of alkyl halides is 3. The minimum Gasteiger partial charge on any atom is -0.481 e. The number of amides is 1. The molecule has 1 aromatic carbocycles. The van der Waals surface area contributed by atoms with E-state index in [2.05, 4.69) is 4.98 Å². The summed E-state index contributed by atoms with van der Waals surface area (Å²) >= 11 is 6.32. The molecule has 2 aromatic rings. The number of unbranched alkanes of at least 4 members (excludes halogenated alkanes) is 2. The summed E-state index contributed by atoms with van der Waals surface area (Å²) in [6.07, 6.45) is -1.37. The maximum atomic E-state index is 14.2. The Hall–Kier alpha value is -2.79. The van der Waals surface area contributed by atoms with Gasteiger partial charge < -0.3 is 5.11 Å². The van der Waals surface area contributed by atoms with E-state index >= 15 is 0 Å². The molecule has 0 saturated carbocycles. The first-order valence-electron chi connectivity index (χ1n) is 9.87. The molecule has 1 saturated heterocycles. The van der Waals surface area contributed by atoms with Crippen molar-refractivity contribution >= 4 is 46.3 Å². The maximum Gasteiger partial charge on any atom is 0.416 e. The van der Waals surface area contributed by atoms with Gasteiger partial charge in [-0.3, -0.25) is 14.5 Å². The zero-order valence-electron chi connectivity index (χ0n) is 17.1. The largest absolute Gasteiger partial charge is 0.481 e. The number of carbonyl (C=O) groups is 2. The SMILES string of the molecule is O=C(O)CCCCCN1C(=O)C(=Cc2cccc(-c3cc(C(F)(F)F)ccc3F)n2)SC1=S. The number of hydrogen-bond donors (Lipinski definition) is 1. The third kappa shape index (κ3) is 6.38. The van der Waals surface area contributed by atoms with Gasteiger partial charge in [0.2, 0.25) is 0 Å². The van der Waals surface area contributed by atoms with Crippen LogP contribution in [0.15, 0.2) is 41.3 Å². The summed E-state index contributed by atoms with van der Waals surface area (Å²) in [4.78, 5) is 29.2. The lowest BCUT2D eigenvalue weighted by molar-refractivity contribution is -0.138. The number of nitrogens with zero attached hydrogens (tertiary/aromatic N) is 2. The Morgan fingerprint density at radius 1 is 1.18 bits per heavy atom. The predicted octanol–water partition coefficient (Wildman–Crippen LogP) is 5.75. The molecule has 1 N–H and O–H groups in total. The molecule has 2 heterocycles. The average molecular weight is 499 g/mol. The molecule has 1 aliphatic heterocycles. The fourth-order valence-corrected chi connectivity index (χ4v) is 4.42. The Morgan fingerprint density at radius 2 is 1.94 bits per heavy atom. The van der Waals surface area contributed by atoms with Gasteiger partial charge in [-0.1, -0.05) is 36.5 Å². The summed E-state index contributed by atoms with van der Waals surface area (Å²) in [7, 11) is 0. The lowest BCUT2D eigenvalue weighted by atomic mass is 10.1. The highest BCUT2D eigenvalue weighted by Gasteiger charge is 2.32. The fraction of sp³-hybridized carbons (Fsp3) is 0.273. The normalized spacial score (nSPS) is 15.5. The number of halogens is 4. The first-order chi connectivity index (χ1) is 15.6. The van der Waals surface area contributed by atoms with Crippen molar-refractivity contribution in [3.63, 3.8) is 0 Å². The van der Waals surface area contributed by atoms with Crippen molar-refractivity contribution < 1.29 is 32.3 Å². The van der Waals surface area contributed by atoms with E-state index in [1.807, 2.05) is 0 Å². The molecule has 0 spiro atoms. The van der Waals surface area contributed by atoms with E-state index in [4.69, 9.17) is 17.3 Å². The van der Waals surface area contributed by atoms with Crippen LogP contribution in [0.4, 0.5) is 17.6 Å². The molecular weight excluding hydrogens is 480 g/mol. The second-order valence-electron chi connectivity index (χ2n) is 7.18. The number of aromatic nitrogens is 1. The van der Waals surface area contributed by atoms with Crippen LogP contribution < -0.4 is 0 Å². The topological polar surface area (TPSA) is 70.5 Å².